The number of nitrogens with one attached hydrogen (secondary N) is 1. The fraction of sp³-hybridized carbons (Fsp3) is 0.321. The van der Waals surface area contributed by atoms with Crippen molar-refractivity contribution in [2.75, 3.05) is 18.4 Å². The Morgan fingerprint density at radius 2 is 1.81 bits per heavy atom. The Hall–Kier alpha value is -3.56. The van der Waals surface area contributed by atoms with Crippen molar-refractivity contribution in [2.45, 2.75) is 45.4 Å². The largest absolute Gasteiger partial charge is 0.355 e. The monoisotopic (exact) mass is 521 g/mol. The Morgan fingerprint density at radius 1 is 1.08 bits per heavy atom. The number of piperidine rings is 1. The maximum absolute atomic E-state index is 13.7. The van der Waals surface area contributed by atoms with Crippen LogP contribution in [-0.2, 0) is 14.8 Å². The molecule has 4 rings (SSSR count). The zero-order valence-electron chi connectivity index (χ0n) is 21.4. The highest BCUT2D eigenvalue weighted by molar-refractivity contribution is 7.89. The van der Waals surface area contributed by atoms with Gasteiger partial charge in [0.2, 0.25) is 15.9 Å². The van der Waals surface area contributed by atoms with Crippen molar-refractivity contribution in [3.63, 3.8) is 0 Å². The van der Waals surface area contributed by atoms with Crippen LogP contribution in [0.2, 0.25) is 0 Å². The van der Waals surface area contributed by atoms with Crippen LogP contribution in [0.4, 0.5) is 5.69 Å². The van der Waals surface area contributed by atoms with Crippen LogP contribution >= 0.6 is 0 Å². The molecule has 0 spiro atoms. The number of benzene rings is 2. The third-order valence-electron chi connectivity index (χ3n) is 6.59. The number of hydrogen-bond acceptors (Lipinski definition) is 6. The van der Waals surface area contributed by atoms with E-state index in [4.69, 9.17) is 4.52 Å². The molecule has 0 radical (unpaired) electrons. The highest BCUT2D eigenvalue weighted by Gasteiger charge is 2.37. The normalized spacial score (nSPS) is 16.7. The summed E-state index contributed by atoms with van der Waals surface area (Å²) in [6.45, 7) is 7.43. The molecule has 1 N–H and O–H groups in total. The molecule has 1 unspecified atom stereocenters. The maximum Gasteiger partial charge on any atom is 0.248 e. The van der Waals surface area contributed by atoms with Gasteiger partial charge in [0.25, 0.3) is 0 Å². The van der Waals surface area contributed by atoms with Gasteiger partial charge in [0.05, 0.1) is 5.92 Å². The van der Waals surface area contributed by atoms with Gasteiger partial charge in [-0.3, -0.25) is 9.59 Å². The first-order valence-corrected chi connectivity index (χ1v) is 13.6. The lowest BCUT2D eigenvalue weighted by atomic mass is 9.98. The number of aromatic nitrogens is 1. The number of rotatable bonds is 7. The highest BCUT2D eigenvalue weighted by Crippen LogP contribution is 2.30. The van der Waals surface area contributed by atoms with Crippen molar-refractivity contribution in [1.29, 1.82) is 0 Å². The second-order valence-corrected chi connectivity index (χ2v) is 11.4. The molecular weight excluding hydrogens is 490 g/mol. The molecule has 2 heterocycles. The van der Waals surface area contributed by atoms with E-state index in [1.54, 1.807) is 37.3 Å². The zero-order chi connectivity index (χ0) is 26.7. The molecule has 1 amide bonds. The van der Waals surface area contributed by atoms with Gasteiger partial charge in [-0.05, 0) is 82.0 Å². The van der Waals surface area contributed by atoms with Gasteiger partial charge in [-0.25, -0.2) is 8.42 Å². The van der Waals surface area contributed by atoms with E-state index in [1.807, 2.05) is 38.1 Å². The number of nitrogens with zero attached hydrogens (tertiary/aromatic N) is 2. The lowest BCUT2D eigenvalue weighted by Gasteiger charge is -2.31. The third-order valence-corrected chi connectivity index (χ3v) is 8.62. The predicted molar refractivity (Wildman–Crippen MR) is 143 cm³/mol. The number of aryl methyl sites for hydroxylation is 3. The van der Waals surface area contributed by atoms with Crippen LogP contribution in [0.15, 0.2) is 51.9 Å². The third kappa shape index (κ3) is 5.89. The number of Topliss-reactive ketones (excluding diaryl/α,β-unsaturated/α-hetero) is 1. The number of amides is 1. The van der Waals surface area contributed by atoms with Crippen LogP contribution < -0.4 is 5.32 Å². The molecule has 0 bridgehead atoms. The van der Waals surface area contributed by atoms with Gasteiger partial charge in [0, 0.05) is 24.3 Å². The van der Waals surface area contributed by atoms with Gasteiger partial charge in [0.15, 0.2) is 16.4 Å². The summed E-state index contributed by atoms with van der Waals surface area (Å²) in [5.74, 6) is -0.661. The summed E-state index contributed by atoms with van der Waals surface area (Å²) in [6, 6.07) is 12.7. The summed E-state index contributed by atoms with van der Waals surface area (Å²) in [6.07, 6.45) is 4.59. The molecule has 9 heteroatoms. The van der Waals surface area contributed by atoms with E-state index in [2.05, 4.69) is 10.5 Å². The minimum atomic E-state index is -3.95. The van der Waals surface area contributed by atoms with Gasteiger partial charge in [0.1, 0.15) is 5.69 Å². The topological polar surface area (TPSA) is 110 Å². The first-order chi connectivity index (χ1) is 17.6. The molecule has 1 atom stereocenters. The van der Waals surface area contributed by atoms with E-state index >= 15 is 0 Å². The minimum absolute atomic E-state index is 0.0231. The van der Waals surface area contributed by atoms with Crippen molar-refractivity contribution >= 4 is 39.6 Å². The second-order valence-electron chi connectivity index (χ2n) is 9.48. The van der Waals surface area contributed by atoms with E-state index in [0.717, 1.165) is 16.7 Å². The lowest BCUT2D eigenvalue weighted by molar-refractivity contribution is -0.120. The molecule has 1 aliphatic heterocycles. The number of carbonyl (C=O) groups excluding carboxylic acids is 2. The average molecular weight is 522 g/mol. The van der Waals surface area contributed by atoms with Gasteiger partial charge in [-0.1, -0.05) is 35.0 Å². The van der Waals surface area contributed by atoms with Gasteiger partial charge >= 0.3 is 0 Å². The van der Waals surface area contributed by atoms with Crippen LogP contribution in [0.3, 0.4) is 0 Å². The van der Waals surface area contributed by atoms with Crippen LogP contribution in [-0.4, -0.2) is 42.7 Å². The number of ketones is 1. The molecule has 0 aliphatic carbocycles. The maximum atomic E-state index is 13.7. The molecule has 8 nitrogen and oxygen atoms in total. The Bertz CT molecular complexity index is 1460. The molecular formula is C28H31N3O5S. The summed E-state index contributed by atoms with van der Waals surface area (Å²) in [4.78, 5) is 24.5. The average Bonchev–Trinajstić information content (AvgIpc) is 3.26. The van der Waals surface area contributed by atoms with Crippen molar-refractivity contribution in [3.05, 3.63) is 76.2 Å². The van der Waals surface area contributed by atoms with Gasteiger partial charge < -0.3 is 9.84 Å². The smallest absolute Gasteiger partial charge is 0.248 e. The summed E-state index contributed by atoms with van der Waals surface area (Å²) in [7, 11) is -3.95. The molecule has 1 saturated heterocycles. The first-order valence-electron chi connectivity index (χ1n) is 12.2. The SMILES string of the molecule is CC(=O)c1ccc(NC(=O)C2CCCN(S(=O)(=O)c3c(C)noc3/C=C/c3cc(C)ccc3C)C2)cc1. The quantitative estimate of drug-likeness (QED) is 0.438. The fourth-order valence-electron chi connectivity index (χ4n) is 4.44. The summed E-state index contributed by atoms with van der Waals surface area (Å²) in [5, 5.41) is 6.77. The highest BCUT2D eigenvalue weighted by atomic mass is 32.2. The van der Waals surface area contributed by atoms with Crippen molar-refractivity contribution < 1.29 is 22.5 Å². The zero-order valence-corrected chi connectivity index (χ0v) is 22.3. The molecule has 194 valence electrons. The minimum Gasteiger partial charge on any atom is -0.355 e. The molecule has 1 fully saturated rings. The number of sulfonamides is 1. The van der Waals surface area contributed by atoms with E-state index < -0.39 is 15.9 Å². The Kier molecular flexibility index (Phi) is 7.75. The number of anilines is 1. The van der Waals surface area contributed by atoms with E-state index in [-0.39, 0.29) is 34.6 Å². The van der Waals surface area contributed by atoms with E-state index in [1.165, 1.54) is 11.2 Å². The van der Waals surface area contributed by atoms with Crippen molar-refractivity contribution in [1.82, 2.24) is 9.46 Å². The van der Waals surface area contributed by atoms with Gasteiger partial charge in [-0.2, -0.15) is 4.31 Å². The summed E-state index contributed by atoms with van der Waals surface area (Å²) in [5.41, 5.74) is 4.51. The van der Waals surface area contributed by atoms with E-state index in [0.29, 0.717) is 30.6 Å². The van der Waals surface area contributed by atoms with Crippen LogP contribution in [0.25, 0.3) is 12.2 Å². The molecule has 3 aromatic rings. The Labute approximate surface area is 217 Å². The fourth-order valence-corrected chi connectivity index (χ4v) is 6.21. The van der Waals surface area contributed by atoms with Crippen molar-refractivity contribution in [2.24, 2.45) is 5.92 Å². The standard InChI is InChI=1S/C28H31N3O5S/c1-18-7-8-19(2)23(16-18)11-14-26-27(20(3)30-36-26)37(34,35)31-15-5-6-24(17-31)28(33)29-25-12-9-22(10-13-25)21(4)32/h7-14,16,24H,5-6,15,17H2,1-4H3,(H,29,33)/b14-11+. The molecule has 1 aromatic heterocycles. The van der Waals surface area contributed by atoms with Gasteiger partial charge in [-0.15, -0.1) is 0 Å². The van der Waals surface area contributed by atoms with Crippen molar-refractivity contribution in [3.8, 4) is 0 Å². The van der Waals surface area contributed by atoms with Crippen LogP contribution in [0, 0.1) is 26.7 Å². The summed E-state index contributed by atoms with van der Waals surface area (Å²) < 4.78 is 34.1. The predicted octanol–water partition coefficient (Wildman–Crippen LogP) is 5.01. The van der Waals surface area contributed by atoms with Crippen LogP contribution in [0.5, 0.6) is 0 Å². The molecule has 0 saturated carbocycles. The number of hydrogen-bond donors (Lipinski definition) is 1. The van der Waals surface area contributed by atoms with E-state index in [9.17, 15) is 18.0 Å². The first kappa shape index (κ1) is 26.5. The Morgan fingerprint density at radius 3 is 2.51 bits per heavy atom. The molecule has 37 heavy (non-hydrogen) atoms. The van der Waals surface area contributed by atoms with Crippen LogP contribution in [0.1, 0.15) is 58.3 Å². The Balaban J connectivity index is 1.52. The number of carbonyl (C=O) groups is 2. The summed E-state index contributed by atoms with van der Waals surface area (Å²) >= 11 is 0. The lowest BCUT2D eigenvalue weighted by Crippen LogP contribution is -2.43. The molecule has 2 aromatic carbocycles. The molecule has 1 aliphatic rings. The second kappa shape index (κ2) is 10.8.